The van der Waals surface area contributed by atoms with Gasteiger partial charge in [0, 0.05) is 18.2 Å². The van der Waals surface area contributed by atoms with Crippen LogP contribution in [-0.4, -0.2) is 40.5 Å². The van der Waals surface area contributed by atoms with Crippen LogP contribution in [0, 0.1) is 0 Å². The monoisotopic (exact) mass is 375 g/mol. The maximum Gasteiger partial charge on any atom is 0.258 e. The second kappa shape index (κ2) is 10.2. The summed E-state index contributed by atoms with van der Waals surface area (Å²) in [5, 5.41) is 2.80. The van der Waals surface area contributed by atoms with Gasteiger partial charge in [0.1, 0.15) is 17.2 Å². The Kier molecular flexibility index (Phi) is 7.61. The molecule has 1 N–H and O–H groups in total. The van der Waals surface area contributed by atoms with E-state index in [4.69, 9.17) is 23.7 Å². The van der Waals surface area contributed by atoms with Gasteiger partial charge in [0.15, 0.2) is 18.1 Å². The Balaban J connectivity index is 1.91. The molecule has 2 aromatic rings. The number of rotatable bonds is 10. The van der Waals surface area contributed by atoms with Crippen LogP contribution in [0.1, 0.15) is 12.5 Å². The Morgan fingerprint density at radius 3 is 1.96 bits per heavy atom. The van der Waals surface area contributed by atoms with Gasteiger partial charge in [-0.05, 0) is 37.3 Å². The highest BCUT2D eigenvalue weighted by Gasteiger charge is 2.13. The average Bonchev–Trinajstić information content (AvgIpc) is 2.71. The lowest BCUT2D eigenvalue weighted by Gasteiger charge is -2.14. The molecule has 0 heterocycles. The quantitative estimate of drug-likeness (QED) is 0.688. The second-order valence-electron chi connectivity index (χ2n) is 5.49. The molecule has 0 aromatic heterocycles. The van der Waals surface area contributed by atoms with Gasteiger partial charge in [-0.25, -0.2) is 0 Å². The van der Waals surface area contributed by atoms with E-state index in [1.165, 1.54) is 0 Å². The Labute approximate surface area is 159 Å². The highest BCUT2D eigenvalue weighted by Crippen LogP contribution is 2.34. The van der Waals surface area contributed by atoms with Gasteiger partial charge in [-0.1, -0.05) is 0 Å². The number of carbonyl (C=O) groups is 1. The van der Waals surface area contributed by atoms with E-state index in [1.54, 1.807) is 57.7 Å². The molecule has 0 aliphatic heterocycles. The van der Waals surface area contributed by atoms with Gasteiger partial charge in [0.25, 0.3) is 5.91 Å². The molecular formula is C20H25NO6. The number of nitrogens with one attached hydrogen (secondary N) is 1. The third kappa shape index (κ3) is 5.70. The molecule has 0 saturated heterocycles. The van der Waals surface area contributed by atoms with Crippen LogP contribution in [0.25, 0.3) is 0 Å². The fraction of sp³-hybridized carbons (Fsp3) is 0.350. The predicted octanol–water partition coefficient (Wildman–Crippen LogP) is 2.81. The molecule has 27 heavy (non-hydrogen) atoms. The van der Waals surface area contributed by atoms with Crippen molar-refractivity contribution in [2.75, 3.05) is 34.5 Å². The first-order chi connectivity index (χ1) is 13.1. The molecule has 0 fully saturated rings. The van der Waals surface area contributed by atoms with E-state index in [9.17, 15) is 4.79 Å². The van der Waals surface area contributed by atoms with Gasteiger partial charge in [-0.2, -0.15) is 0 Å². The van der Waals surface area contributed by atoms with Crippen LogP contribution in [0.3, 0.4) is 0 Å². The van der Waals surface area contributed by atoms with E-state index < -0.39 is 0 Å². The van der Waals surface area contributed by atoms with Crippen LogP contribution in [0.15, 0.2) is 36.4 Å². The molecule has 7 heteroatoms. The normalized spacial score (nSPS) is 10.1. The van der Waals surface area contributed by atoms with Crippen LogP contribution >= 0.6 is 0 Å². The Morgan fingerprint density at radius 1 is 0.852 bits per heavy atom. The maximum absolute atomic E-state index is 12.1. The average molecular weight is 375 g/mol. The smallest absolute Gasteiger partial charge is 0.258 e. The first-order valence-corrected chi connectivity index (χ1v) is 8.52. The predicted molar refractivity (Wildman–Crippen MR) is 101 cm³/mol. The molecule has 146 valence electrons. The lowest BCUT2D eigenvalue weighted by atomic mass is 10.1. The van der Waals surface area contributed by atoms with Gasteiger partial charge in [-0.15, -0.1) is 0 Å². The Morgan fingerprint density at radius 2 is 1.41 bits per heavy atom. The van der Waals surface area contributed by atoms with Crippen molar-refractivity contribution in [3.63, 3.8) is 0 Å². The van der Waals surface area contributed by atoms with E-state index in [2.05, 4.69) is 5.32 Å². The fourth-order valence-electron chi connectivity index (χ4n) is 2.42. The number of methoxy groups -OCH3 is 3. The highest BCUT2D eigenvalue weighted by atomic mass is 16.5. The van der Waals surface area contributed by atoms with Crippen LogP contribution in [0.5, 0.6) is 28.7 Å². The molecule has 0 bridgehead atoms. The molecule has 0 aliphatic rings. The van der Waals surface area contributed by atoms with Crippen molar-refractivity contribution in [2.24, 2.45) is 0 Å². The molecule has 2 rings (SSSR count). The topological polar surface area (TPSA) is 75.3 Å². The van der Waals surface area contributed by atoms with Crippen LogP contribution in [0.4, 0.5) is 0 Å². The van der Waals surface area contributed by atoms with Crippen molar-refractivity contribution in [1.82, 2.24) is 5.32 Å². The maximum atomic E-state index is 12.1. The van der Waals surface area contributed by atoms with Gasteiger partial charge >= 0.3 is 0 Å². The molecule has 0 saturated carbocycles. The first-order valence-electron chi connectivity index (χ1n) is 8.52. The second-order valence-corrected chi connectivity index (χ2v) is 5.49. The molecule has 2 aromatic carbocycles. The van der Waals surface area contributed by atoms with E-state index in [-0.39, 0.29) is 19.1 Å². The van der Waals surface area contributed by atoms with Gasteiger partial charge in [0.2, 0.25) is 0 Å². The van der Waals surface area contributed by atoms with E-state index in [0.717, 1.165) is 11.3 Å². The fourth-order valence-corrected chi connectivity index (χ4v) is 2.42. The number of hydrogen-bond acceptors (Lipinski definition) is 6. The van der Waals surface area contributed by atoms with Crippen molar-refractivity contribution >= 4 is 5.91 Å². The van der Waals surface area contributed by atoms with Gasteiger partial charge < -0.3 is 29.0 Å². The number of hydrogen-bond donors (Lipinski definition) is 1. The molecule has 0 radical (unpaired) electrons. The molecular weight excluding hydrogens is 350 g/mol. The zero-order chi connectivity index (χ0) is 19.6. The molecule has 0 unspecified atom stereocenters. The summed E-state index contributed by atoms with van der Waals surface area (Å²) in [6.45, 7) is 2.70. The molecule has 0 spiro atoms. The molecule has 1 amide bonds. The summed E-state index contributed by atoms with van der Waals surface area (Å²) >= 11 is 0. The third-order valence-electron chi connectivity index (χ3n) is 3.77. The molecule has 7 nitrogen and oxygen atoms in total. The number of ether oxygens (including phenoxy) is 5. The van der Waals surface area contributed by atoms with Crippen molar-refractivity contribution in [3.05, 3.63) is 42.0 Å². The van der Waals surface area contributed by atoms with Crippen molar-refractivity contribution in [2.45, 2.75) is 13.5 Å². The minimum Gasteiger partial charge on any atom is -0.496 e. The van der Waals surface area contributed by atoms with Gasteiger partial charge in [0.05, 0.1) is 27.9 Å². The summed E-state index contributed by atoms with van der Waals surface area (Å²) in [5.74, 6) is 2.82. The summed E-state index contributed by atoms with van der Waals surface area (Å²) in [4.78, 5) is 12.1. The van der Waals surface area contributed by atoms with E-state index in [1.807, 2.05) is 6.92 Å². The number of amides is 1. The summed E-state index contributed by atoms with van der Waals surface area (Å²) in [7, 11) is 4.66. The Bertz CT molecular complexity index is 745. The van der Waals surface area contributed by atoms with Crippen molar-refractivity contribution in [3.8, 4) is 28.7 Å². The Hall–Kier alpha value is -3.09. The van der Waals surface area contributed by atoms with E-state index in [0.29, 0.717) is 29.6 Å². The van der Waals surface area contributed by atoms with Crippen LogP contribution < -0.4 is 29.0 Å². The van der Waals surface area contributed by atoms with Crippen LogP contribution in [-0.2, 0) is 11.3 Å². The molecule has 0 atom stereocenters. The van der Waals surface area contributed by atoms with Crippen molar-refractivity contribution in [1.29, 1.82) is 0 Å². The molecule has 0 aliphatic carbocycles. The van der Waals surface area contributed by atoms with Crippen LogP contribution in [0.2, 0.25) is 0 Å². The minimum atomic E-state index is -0.249. The zero-order valence-electron chi connectivity index (χ0n) is 16.0. The van der Waals surface area contributed by atoms with Gasteiger partial charge in [-0.3, -0.25) is 4.79 Å². The first kappa shape index (κ1) is 20.2. The zero-order valence-corrected chi connectivity index (χ0v) is 16.0. The van der Waals surface area contributed by atoms with E-state index >= 15 is 0 Å². The lowest BCUT2D eigenvalue weighted by molar-refractivity contribution is -0.123. The summed E-state index contributed by atoms with van der Waals surface area (Å²) in [6.07, 6.45) is 0. The highest BCUT2D eigenvalue weighted by molar-refractivity contribution is 5.77. The lowest BCUT2D eigenvalue weighted by Crippen LogP contribution is -2.28. The largest absolute Gasteiger partial charge is 0.496 e. The summed E-state index contributed by atoms with van der Waals surface area (Å²) in [6, 6.07) is 10.6. The number of carbonyl (C=O) groups excluding carboxylic acids is 1. The standard InChI is InChI=1S/C20H25NO6/c1-5-26-15-6-8-16(9-7-15)27-13-20(22)21-12-14-10-18(24-3)19(25-4)11-17(14)23-2/h6-11H,5,12-13H2,1-4H3,(H,21,22). The minimum absolute atomic E-state index is 0.0937. The summed E-state index contributed by atoms with van der Waals surface area (Å²) < 4.78 is 26.7. The number of benzene rings is 2. The third-order valence-corrected chi connectivity index (χ3v) is 3.77. The van der Waals surface area contributed by atoms with Crippen molar-refractivity contribution < 1.29 is 28.5 Å². The SMILES string of the molecule is CCOc1ccc(OCC(=O)NCc2cc(OC)c(OC)cc2OC)cc1. The summed E-state index contributed by atoms with van der Waals surface area (Å²) in [5.41, 5.74) is 0.768.